The van der Waals surface area contributed by atoms with Gasteiger partial charge in [-0.15, -0.1) is 0 Å². The van der Waals surface area contributed by atoms with E-state index in [1.165, 1.54) is 13.8 Å². The van der Waals surface area contributed by atoms with Gasteiger partial charge in [0.2, 0.25) is 35.4 Å². The summed E-state index contributed by atoms with van der Waals surface area (Å²) in [7, 11) is 0. The lowest BCUT2D eigenvalue weighted by atomic mass is 9.88. The summed E-state index contributed by atoms with van der Waals surface area (Å²) in [5.41, 5.74) is 31.2. The maximum absolute atomic E-state index is 14.5. The Morgan fingerprint density at radius 2 is 1.23 bits per heavy atom. The molecule has 3 rings (SSSR count). The topological polar surface area (TPSA) is 413 Å². The Balaban J connectivity index is 2.07. The van der Waals surface area contributed by atoms with E-state index < -0.39 is 163 Å². The van der Waals surface area contributed by atoms with Gasteiger partial charge in [0.05, 0.1) is 42.2 Å². The number of aliphatic hydroxyl groups is 2. The Labute approximate surface area is 473 Å². The quantitative estimate of drug-likeness (QED) is 0.0604. The van der Waals surface area contributed by atoms with E-state index >= 15 is 0 Å². The predicted molar refractivity (Wildman–Crippen MR) is 301 cm³/mol. The highest BCUT2D eigenvalue weighted by molar-refractivity contribution is 6.30. The second kappa shape index (κ2) is 34.9. The molecule has 0 radical (unpaired) electrons. The molecule has 0 bridgehead atoms. The van der Waals surface area contributed by atoms with Crippen molar-refractivity contribution in [2.24, 2.45) is 58.3 Å². The summed E-state index contributed by atoms with van der Waals surface area (Å²) in [6.07, 6.45) is -5.44. The summed E-state index contributed by atoms with van der Waals surface area (Å²) in [4.78, 5) is 141. The zero-order valence-electron chi connectivity index (χ0n) is 46.5. The number of benzene rings is 2. The number of nitrogens with two attached hydrogens (primary N) is 5. The first kappa shape index (κ1) is 68.2. The van der Waals surface area contributed by atoms with Crippen LogP contribution in [0.2, 0.25) is 5.02 Å². The number of hydrogen-bond donors (Lipinski definition) is 13. The Kier molecular flexibility index (Phi) is 29.8. The van der Waals surface area contributed by atoms with Gasteiger partial charge in [0.1, 0.15) is 17.9 Å². The van der Waals surface area contributed by atoms with Crippen LogP contribution in [0, 0.1) is 29.6 Å². The number of aliphatic hydroxyl groups excluding tert-OH is 2. The second-order valence-electron chi connectivity index (χ2n) is 21.2. The summed E-state index contributed by atoms with van der Waals surface area (Å²) in [6, 6.07) is 9.02. The molecule has 1 aliphatic heterocycles. The number of carbonyl (C=O) groups excluding carboxylic acids is 10. The number of halogens is 1. The number of carbonyl (C=O) groups is 10. The first-order valence-corrected chi connectivity index (χ1v) is 27.9. The average molecular weight is 1140 g/mol. The van der Waals surface area contributed by atoms with Gasteiger partial charge in [-0.2, -0.15) is 0 Å². The smallest absolute Gasteiger partial charge is 0.243 e. The van der Waals surface area contributed by atoms with Gasteiger partial charge >= 0.3 is 0 Å². The van der Waals surface area contributed by atoms with Crippen LogP contribution in [0.4, 0.5) is 0 Å². The van der Waals surface area contributed by atoms with Crippen molar-refractivity contribution in [3.05, 3.63) is 70.7 Å². The SMILES string of the molecule is CC(C)C[C@@H]1NC(=O)[C@@H](Cc2ccccc2)CC(=O)[C@H](CCN)NC(=O)[C@@H](CC(=O)[C@H](CN)NC(=O)[C@@H](CC(=O)CC(CN)c2cccc(Cl)c2)[C@@H](C)O)CCNC(=O)[C@H]([C@@H](C)O)CC(=O)[C@H](CCN)NC(=O)[C@H](CCN)NC1=O. The fourth-order valence-corrected chi connectivity index (χ4v) is 9.75. The van der Waals surface area contributed by atoms with E-state index in [0.717, 1.165) is 0 Å². The van der Waals surface area contributed by atoms with Crippen LogP contribution in [0.3, 0.4) is 0 Å². The highest BCUT2D eigenvalue weighted by atomic mass is 35.5. The van der Waals surface area contributed by atoms with Gasteiger partial charge in [-0.1, -0.05) is 67.9 Å². The van der Waals surface area contributed by atoms with Crippen molar-refractivity contribution in [3.8, 4) is 0 Å². The molecule has 2 aromatic carbocycles. The predicted octanol–water partition coefficient (Wildman–Crippen LogP) is -0.927. The number of Topliss-reactive ketones (excluding diaryl/α,β-unsaturated/α-hetero) is 4. The molecule has 18 N–H and O–H groups in total. The maximum Gasteiger partial charge on any atom is 0.243 e. The first-order chi connectivity index (χ1) is 38.0. The molecule has 23 nitrogen and oxygen atoms in total. The highest BCUT2D eigenvalue weighted by Gasteiger charge is 2.37. The average Bonchev–Trinajstić information content (AvgIpc) is 3.40. The zero-order chi connectivity index (χ0) is 59.6. The van der Waals surface area contributed by atoms with Crippen LogP contribution in [0.15, 0.2) is 54.6 Å². The lowest BCUT2D eigenvalue weighted by Gasteiger charge is -2.27. The summed E-state index contributed by atoms with van der Waals surface area (Å²) >= 11 is 6.16. The van der Waals surface area contributed by atoms with E-state index in [0.29, 0.717) is 16.1 Å². The molecular weight excluding hydrogens is 1050 g/mol. The third-order valence-electron chi connectivity index (χ3n) is 14.2. The first-order valence-electron chi connectivity index (χ1n) is 27.5. The molecule has 1 saturated heterocycles. The Morgan fingerprint density at radius 1 is 0.662 bits per heavy atom. The molecule has 0 aromatic heterocycles. The number of ketones is 4. The molecule has 0 spiro atoms. The van der Waals surface area contributed by atoms with Crippen LogP contribution in [0.25, 0.3) is 0 Å². The monoisotopic (exact) mass is 1140 g/mol. The van der Waals surface area contributed by atoms with Gasteiger partial charge in [-0.3, -0.25) is 47.9 Å². The molecule has 6 amide bonds. The van der Waals surface area contributed by atoms with Crippen LogP contribution in [-0.4, -0.2) is 150 Å². The zero-order valence-corrected chi connectivity index (χ0v) is 47.2. The van der Waals surface area contributed by atoms with Gasteiger partial charge in [-0.05, 0) is 108 Å². The third-order valence-corrected chi connectivity index (χ3v) is 14.5. The Bertz CT molecular complexity index is 2400. The normalized spacial score (nSPS) is 23.5. The molecule has 1 heterocycles. The number of hydrogen-bond acceptors (Lipinski definition) is 17. The molecule has 1 fully saturated rings. The third kappa shape index (κ3) is 22.5. The lowest BCUT2D eigenvalue weighted by Crippen LogP contribution is -2.57. The summed E-state index contributed by atoms with van der Waals surface area (Å²) in [6.45, 7) is 5.22. The number of rotatable bonds is 24. The van der Waals surface area contributed by atoms with Crippen LogP contribution in [-0.2, 0) is 54.4 Å². The van der Waals surface area contributed by atoms with Gasteiger partial charge in [0, 0.05) is 68.0 Å². The number of nitrogens with one attached hydrogen (secondary N) is 6. The fraction of sp³-hybridized carbons (Fsp3) is 0.607. The molecule has 444 valence electrons. The van der Waals surface area contributed by atoms with Crippen molar-refractivity contribution in [1.82, 2.24) is 31.9 Å². The second-order valence-corrected chi connectivity index (χ2v) is 21.6. The minimum Gasteiger partial charge on any atom is -0.393 e. The van der Waals surface area contributed by atoms with E-state index in [9.17, 15) is 58.2 Å². The van der Waals surface area contributed by atoms with Crippen molar-refractivity contribution in [1.29, 1.82) is 0 Å². The Hall–Kier alpha value is -6.05. The molecular formula is C56H86ClN11O12. The van der Waals surface area contributed by atoms with Gasteiger partial charge in [-0.25, -0.2) is 0 Å². The van der Waals surface area contributed by atoms with E-state index in [-0.39, 0.29) is 83.6 Å². The molecule has 2 aromatic rings. The van der Waals surface area contributed by atoms with Gasteiger partial charge < -0.3 is 70.8 Å². The lowest BCUT2D eigenvalue weighted by molar-refractivity contribution is -0.137. The van der Waals surface area contributed by atoms with Crippen molar-refractivity contribution in [2.75, 3.05) is 39.3 Å². The van der Waals surface area contributed by atoms with E-state index in [4.69, 9.17) is 40.3 Å². The molecule has 0 aliphatic carbocycles. The number of amides is 6. The standard InChI is InChI=1S/C56H86ClN11O12/c1-31(2)21-46-56(80)66-45(15-19-60)55(79)65-44(14-18-59)50(74)28-42(33(4)70)53(77)63-20-16-36(51(75)64-43(13-17-58)48(72)26-37(52(76)67-46)22-34-9-6-5-7-10-34)25-49(73)47(30-62)68-54(78)41(32(3)69)27-40(71)24-38(29-61)35-11-8-12-39(57)23-35/h5-12,23,31-33,36-38,41-47,69-70H,13-22,24-30,58-62H2,1-4H3,(H,63,77)(H,64,75)(H,65,79)(H,66,80)(H,67,76)(H,68,78)/t32-,33-,36-,37+,38?,41+,42+,43+,44+,45+,46+,47+/m1/s1. The minimum absolute atomic E-state index is 0.0181. The van der Waals surface area contributed by atoms with E-state index in [1.54, 1.807) is 54.6 Å². The van der Waals surface area contributed by atoms with E-state index in [2.05, 4.69) is 31.9 Å². The molecule has 80 heavy (non-hydrogen) atoms. The van der Waals surface area contributed by atoms with Gasteiger partial charge in [0.15, 0.2) is 17.3 Å². The summed E-state index contributed by atoms with van der Waals surface area (Å²) in [5, 5.41) is 37.9. The fourth-order valence-electron chi connectivity index (χ4n) is 9.55. The maximum atomic E-state index is 14.5. The molecule has 24 heteroatoms. The molecule has 12 atom stereocenters. The summed E-state index contributed by atoms with van der Waals surface area (Å²) in [5.74, 6) is -13.1. The Morgan fingerprint density at radius 3 is 1.79 bits per heavy atom. The molecule has 1 aliphatic rings. The van der Waals surface area contributed by atoms with E-state index in [1.807, 2.05) is 13.8 Å². The van der Waals surface area contributed by atoms with Crippen LogP contribution in [0.1, 0.15) is 109 Å². The van der Waals surface area contributed by atoms with Crippen molar-refractivity contribution >= 4 is 70.2 Å². The largest absolute Gasteiger partial charge is 0.393 e. The molecule has 0 saturated carbocycles. The van der Waals surface area contributed by atoms with Crippen LogP contribution >= 0.6 is 11.6 Å². The molecule has 1 unspecified atom stereocenters. The van der Waals surface area contributed by atoms with Crippen molar-refractivity contribution in [3.63, 3.8) is 0 Å². The minimum atomic E-state index is -1.46. The van der Waals surface area contributed by atoms with Crippen molar-refractivity contribution in [2.45, 2.75) is 147 Å². The van der Waals surface area contributed by atoms with Crippen LogP contribution < -0.4 is 60.6 Å². The van der Waals surface area contributed by atoms with Gasteiger partial charge in [0.25, 0.3) is 0 Å². The van der Waals surface area contributed by atoms with Crippen LogP contribution in [0.5, 0.6) is 0 Å². The van der Waals surface area contributed by atoms with Crippen molar-refractivity contribution < 1.29 is 58.2 Å². The summed E-state index contributed by atoms with van der Waals surface area (Å²) < 4.78 is 0. The highest BCUT2D eigenvalue weighted by Crippen LogP contribution is 2.25.